The molecule has 1 heterocycles. The van der Waals surface area contributed by atoms with Crippen LogP contribution in [0.5, 0.6) is 5.75 Å². The fourth-order valence-electron chi connectivity index (χ4n) is 1.39. The van der Waals surface area contributed by atoms with Gasteiger partial charge in [-0.1, -0.05) is 11.3 Å². The number of nitrogens with one attached hydrogen (secondary N) is 1. The molecule has 0 atom stereocenters. The standard InChI is InChI=1S/C12H14N2O3S/c1-3-16-7-17-9-4-5-10-11(6-9)18-12(14-10)13-8(2)15/h4-6H,3,7H2,1-2H3,(H,13,14,15). The monoisotopic (exact) mass is 266 g/mol. The molecule has 96 valence electrons. The fraction of sp³-hybridized carbons (Fsp3) is 0.333. The lowest BCUT2D eigenvalue weighted by molar-refractivity contribution is -0.114. The first-order valence-corrected chi connectivity index (χ1v) is 6.39. The minimum absolute atomic E-state index is 0.123. The summed E-state index contributed by atoms with van der Waals surface area (Å²) >= 11 is 1.42. The molecule has 5 nitrogen and oxygen atoms in total. The first kappa shape index (κ1) is 12.8. The van der Waals surface area contributed by atoms with Crippen LogP contribution in [0.25, 0.3) is 10.2 Å². The van der Waals surface area contributed by atoms with Gasteiger partial charge in [-0.25, -0.2) is 4.98 Å². The second-order valence-electron chi connectivity index (χ2n) is 3.58. The molecule has 1 N–H and O–H groups in total. The van der Waals surface area contributed by atoms with Gasteiger partial charge in [-0.15, -0.1) is 0 Å². The van der Waals surface area contributed by atoms with Gasteiger partial charge in [0.25, 0.3) is 0 Å². The molecule has 0 fully saturated rings. The topological polar surface area (TPSA) is 60.5 Å². The van der Waals surface area contributed by atoms with Gasteiger partial charge in [0, 0.05) is 13.5 Å². The SMILES string of the molecule is CCOCOc1ccc2nc(NC(C)=O)sc2c1. The van der Waals surface area contributed by atoms with Crippen molar-refractivity contribution >= 4 is 32.6 Å². The third kappa shape index (κ3) is 3.18. The molecule has 18 heavy (non-hydrogen) atoms. The average molecular weight is 266 g/mol. The van der Waals surface area contributed by atoms with Gasteiger partial charge in [0.05, 0.1) is 10.2 Å². The lowest BCUT2D eigenvalue weighted by Crippen LogP contribution is -2.04. The molecular weight excluding hydrogens is 252 g/mol. The Morgan fingerprint density at radius 1 is 1.50 bits per heavy atom. The number of amides is 1. The molecule has 0 spiro atoms. The zero-order valence-corrected chi connectivity index (χ0v) is 11.0. The van der Waals surface area contributed by atoms with Gasteiger partial charge in [0.15, 0.2) is 11.9 Å². The number of anilines is 1. The molecule has 0 bridgehead atoms. The number of ether oxygens (including phenoxy) is 2. The van der Waals surface area contributed by atoms with Gasteiger partial charge < -0.3 is 14.8 Å². The van der Waals surface area contributed by atoms with Crippen molar-refractivity contribution in [1.29, 1.82) is 0 Å². The summed E-state index contributed by atoms with van der Waals surface area (Å²) in [6, 6.07) is 5.58. The zero-order valence-electron chi connectivity index (χ0n) is 10.2. The molecule has 6 heteroatoms. The van der Waals surface area contributed by atoms with Crippen LogP contribution >= 0.6 is 11.3 Å². The largest absolute Gasteiger partial charge is 0.468 e. The summed E-state index contributed by atoms with van der Waals surface area (Å²) in [5.74, 6) is 0.607. The Morgan fingerprint density at radius 2 is 2.33 bits per heavy atom. The van der Waals surface area contributed by atoms with Crippen molar-refractivity contribution in [3.05, 3.63) is 18.2 Å². The molecule has 2 rings (SSSR count). The number of hydrogen-bond acceptors (Lipinski definition) is 5. The van der Waals surface area contributed by atoms with Crippen LogP contribution in [-0.4, -0.2) is 24.3 Å². The van der Waals surface area contributed by atoms with E-state index in [4.69, 9.17) is 9.47 Å². The lowest BCUT2D eigenvalue weighted by Gasteiger charge is -2.04. The highest BCUT2D eigenvalue weighted by molar-refractivity contribution is 7.22. The molecule has 0 unspecified atom stereocenters. The summed E-state index contributed by atoms with van der Waals surface area (Å²) in [5, 5.41) is 3.27. The highest BCUT2D eigenvalue weighted by Crippen LogP contribution is 2.29. The summed E-state index contributed by atoms with van der Waals surface area (Å²) in [6.07, 6.45) is 0. The molecular formula is C12H14N2O3S. The molecule has 0 radical (unpaired) electrons. The van der Waals surface area contributed by atoms with Crippen LogP contribution in [0, 0.1) is 0 Å². The van der Waals surface area contributed by atoms with Crippen LogP contribution in [0.4, 0.5) is 5.13 Å². The van der Waals surface area contributed by atoms with E-state index in [1.54, 1.807) is 0 Å². The van der Waals surface area contributed by atoms with Crippen molar-refractivity contribution in [3.63, 3.8) is 0 Å². The van der Waals surface area contributed by atoms with Crippen LogP contribution in [0.1, 0.15) is 13.8 Å². The van der Waals surface area contributed by atoms with E-state index in [2.05, 4.69) is 10.3 Å². The van der Waals surface area contributed by atoms with Gasteiger partial charge in [-0.3, -0.25) is 4.79 Å². The van der Waals surface area contributed by atoms with E-state index in [0.717, 1.165) is 16.0 Å². The van der Waals surface area contributed by atoms with Gasteiger partial charge in [0.1, 0.15) is 5.75 Å². The molecule has 1 aromatic carbocycles. The molecule has 0 aliphatic carbocycles. The van der Waals surface area contributed by atoms with Crippen molar-refractivity contribution in [2.75, 3.05) is 18.7 Å². The van der Waals surface area contributed by atoms with E-state index in [1.165, 1.54) is 18.3 Å². The lowest BCUT2D eigenvalue weighted by atomic mass is 10.3. The Labute approximate surface area is 109 Å². The number of rotatable bonds is 5. The molecule has 1 amide bonds. The number of thiazole rings is 1. The smallest absolute Gasteiger partial charge is 0.223 e. The third-order valence-electron chi connectivity index (χ3n) is 2.16. The minimum Gasteiger partial charge on any atom is -0.468 e. The quantitative estimate of drug-likeness (QED) is 0.667. The number of carbonyl (C=O) groups excluding carboxylic acids is 1. The number of aromatic nitrogens is 1. The van der Waals surface area contributed by atoms with E-state index >= 15 is 0 Å². The highest BCUT2D eigenvalue weighted by Gasteiger charge is 2.06. The Bertz CT molecular complexity index is 553. The van der Waals surface area contributed by atoms with Crippen molar-refractivity contribution in [2.24, 2.45) is 0 Å². The second kappa shape index (κ2) is 5.79. The second-order valence-corrected chi connectivity index (χ2v) is 4.62. The van der Waals surface area contributed by atoms with Crippen LogP contribution in [0.3, 0.4) is 0 Å². The minimum atomic E-state index is -0.123. The van der Waals surface area contributed by atoms with Crippen LogP contribution in [0.2, 0.25) is 0 Å². The summed E-state index contributed by atoms with van der Waals surface area (Å²) in [5.41, 5.74) is 0.840. The van der Waals surface area contributed by atoms with Gasteiger partial charge in [0.2, 0.25) is 5.91 Å². The maximum atomic E-state index is 10.9. The van der Waals surface area contributed by atoms with E-state index in [0.29, 0.717) is 11.7 Å². The molecule has 2 aromatic rings. The van der Waals surface area contributed by atoms with E-state index in [9.17, 15) is 4.79 Å². The molecule has 0 saturated heterocycles. The molecule has 0 saturated carbocycles. The fourth-order valence-corrected chi connectivity index (χ4v) is 2.33. The Balaban J connectivity index is 2.14. The van der Waals surface area contributed by atoms with Gasteiger partial charge in [-0.2, -0.15) is 0 Å². The predicted octanol–water partition coefficient (Wildman–Crippen LogP) is 2.63. The van der Waals surface area contributed by atoms with E-state index in [1.807, 2.05) is 25.1 Å². The first-order valence-electron chi connectivity index (χ1n) is 5.57. The van der Waals surface area contributed by atoms with Crippen LogP contribution in [-0.2, 0) is 9.53 Å². The Kier molecular flexibility index (Phi) is 4.11. The zero-order chi connectivity index (χ0) is 13.0. The maximum absolute atomic E-state index is 10.9. The number of nitrogens with zero attached hydrogens (tertiary/aromatic N) is 1. The summed E-state index contributed by atoms with van der Waals surface area (Å²) < 4.78 is 11.5. The summed E-state index contributed by atoms with van der Waals surface area (Å²) in [6.45, 7) is 4.23. The van der Waals surface area contributed by atoms with Crippen molar-refractivity contribution in [2.45, 2.75) is 13.8 Å². The van der Waals surface area contributed by atoms with Crippen molar-refractivity contribution in [1.82, 2.24) is 4.98 Å². The van der Waals surface area contributed by atoms with Crippen LogP contribution in [0.15, 0.2) is 18.2 Å². The summed E-state index contributed by atoms with van der Waals surface area (Å²) in [4.78, 5) is 15.2. The normalized spacial score (nSPS) is 10.6. The summed E-state index contributed by atoms with van der Waals surface area (Å²) in [7, 11) is 0. The Hall–Kier alpha value is -1.66. The first-order chi connectivity index (χ1) is 8.69. The van der Waals surface area contributed by atoms with Crippen molar-refractivity contribution < 1.29 is 14.3 Å². The highest BCUT2D eigenvalue weighted by atomic mass is 32.1. The number of hydrogen-bond donors (Lipinski definition) is 1. The number of fused-ring (bicyclic) bond motifs is 1. The Morgan fingerprint density at radius 3 is 3.06 bits per heavy atom. The predicted molar refractivity (Wildman–Crippen MR) is 71.0 cm³/mol. The van der Waals surface area contributed by atoms with Gasteiger partial charge >= 0.3 is 0 Å². The average Bonchev–Trinajstić information content (AvgIpc) is 2.69. The molecule has 1 aromatic heterocycles. The third-order valence-corrected chi connectivity index (χ3v) is 3.09. The van der Waals surface area contributed by atoms with Crippen LogP contribution < -0.4 is 10.1 Å². The number of carbonyl (C=O) groups is 1. The maximum Gasteiger partial charge on any atom is 0.223 e. The molecule has 0 aliphatic rings. The van der Waals surface area contributed by atoms with E-state index in [-0.39, 0.29) is 12.7 Å². The van der Waals surface area contributed by atoms with Crippen molar-refractivity contribution in [3.8, 4) is 5.75 Å². The van der Waals surface area contributed by atoms with E-state index < -0.39 is 0 Å². The van der Waals surface area contributed by atoms with Gasteiger partial charge in [-0.05, 0) is 25.1 Å². The number of benzene rings is 1. The molecule has 0 aliphatic heterocycles.